The smallest absolute Gasteiger partial charge is 0.267 e. The molecule has 7 heteroatoms. The first-order valence-electron chi connectivity index (χ1n) is 8.15. The minimum atomic E-state index is -0.167. The number of hydrazone groups is 1. The zero-order chi connectivity index (χ0) is 17.1. The van der Waals surface area contributed by atoms with Gasteiger partial charge in [-0.05, 0) is 36.6 Å². The summed E-state index contributed by atoms with van der Waals surface area (Å²) < 4.78 is 0. The highest BCUT2D eigenvalue weighted by Gasteiger charge is 2.25. The molecule has 1 aromatic rings. The standard InChI is InChI=1S/C17H21ClN4O2/c1-21-16(23)7-6-15(20-21)17(24)19-10-12-8-9-22(11-12)14-4-2-13(18)3-5-14/h2-5,12H,6-11H2,1H3,(H,19,24)/t12-/m1/s1. The maximum absolute atomic E-state index is 12.2. The second-order valence-corrected chi connectivity index (χ2v) is 6.69. The van der Waals surface area contributed by atoms with Crippen LogP contribution in [0, 0.1) is 5.92 Å². The number of halogens is 1. The fourth-order valence-electron chi connectivity index (χ4n) is 3.06. The molecule has 0 aliphatic carbocycles. The van der Waals surface area contributed by atoms with E-state index >= 15 is 0 Å². The average Bonchev–Trinajstić information content (AvgIpc) is 3.05. The Labute approximate surface area is 146 Å². The Morgan fingerprint density at radius 3 is 2.79 bits per heavy atom. The van der Waals surface area contributed by atoms with Crippen LogP contribution >= 0.6 is 11.6 Å². The second-order valence-electron chi connectivity index (χ2n) is 6.25. The maximum atomic E-state index is 12.2. The van der Waals surface area contributed by atoms with Crippen LogP contribution in [0.4, 0.5) is 5.69 Å². The van der Waals surface area contributed by atoms with Crippen molar-refractivity contribution in [2.24, 2.45) is 11.0 Å². The lowest BCUT2D eigenvalue weighted by atomic mass is 10.1. The van der Waals surface area contributed by atoms with Gasteiger partial charge in [-0.1, -0.05) is 11.6 Å². The minimum absolute atomic E-state index is 0.0547. The van der Waals surface area contributed by atoms with E-state index in [1.165, 1.54) is 5.01 Å². The predicted molar refractivity (Wildman–Crippen MR) is 94.2 cm³/mol. The van der Waals surface area contributed by atoms with Gasteiger partial charge in [-0.2, -0.15) is 5.10 Å². The molecule has 0 unspecified atom stereocenters. The lowest BCUT2D eigenvalue weighted by Crippen LogP contribution is -2.39. The van der Waals surface area contributed by atoms with Gasteiger partial charge in [0.15, 0.2) is 0 Å². The van der Waals surface area contributed by atoms with Crippen molar-refractivity contribution < 1.29 is 9.59 Å². The molecule has 6 nitrogen and oxygen atoms in total. The van der Waals surface area contributed by atoms with Crippen LogP contribution in [0.1, 0.15) is 19.3 Å². The molecule has 0 bridgehead atoms. The fraction of sp³-hybridized carbons (Fsp3) is 0.471. The first-order chi connectivity index (χ1) is 11.5. The molecule has 2 aliphatic rings. The summed E-state index contributed by atoms with van der Waals surface area (Å²) in [5, 5.41) is 8.98. The SMILES string of the molecule is CN1N=C(C(=O)NC[C@H]2CCN(c3ccc(Cl)cc3)C2)CCC1=O. The Balaban J connectivity index is 1.49. The van der Waals surface area contributed by atoms with Crippen LogP contribution in [-0.4, -0.2) is 49.2 Å². The molecular weight excluding hydrogens is 328 g/mol. The second kappa shape index (κ2) is 7.21. The molecule has 3 rings (SSSR count). The van der Waals surface area contributed by atoms with Crippen molar-refractivity contribution in [2.75, 3.05) is 31.6 Å². The van der Waals surface area contributed by atoms with Gasteiger partial charge < -0.3 is 10.2 Å². The van der Waals surface area contributed by atoms with E-state index in [9.17, 15) is 9.59 Å². The Morgan fingerprint density at radius 2 is 2.08 bits per heavy atom. The highest BCUT2D eigenvalue weighted by molar-refractivity contribution is 6.39. The van der Waals surface area contributed by atoms with Crippen molar-refractivity contribution in [2.45, 2.75) is 19.3 Å². The van der Waals surface area contributed by atoms with Crippen molar-refractivity contribution in [1.29, 1.82) is 0 Å². The van der Waals surface area contributed by atoms with Crippen molar-refractivity contribution >= 4 is 34.8 Å². The molecule has 0 aromatic heterocycles. The van der Waals surface area contributed by atoms with Crippen LogP contribution < -0.4 is 10.2 Å². The van der Waals surface area contributed by atoms with Gasteiger partial charge >= 0.3 is 0 Å². The number of benzene rings is 1. The Bertz CT molecular complexity index is 659. The molecule has 1 aromatic carbocycles. The van der Waals surface area contributed by atoms with E-state index in [0.717, 1.165) is 30.2 Å². The van der Waals surface area contributed by atoms with Gasteiger partial charge in [-0.3, -0.25) is 9.59 Å². The molecule has 1 fully saturated rings. The van der Waals surface area contributed by atoms with Gasteiger partial charge in [0.2, 0.25) is 5.91 Å². The minimum Gasteiger partial charge on any atom is -0.371 e. The third-order valence-corrected chi connectivity index (χ3v) is 4.75. The van der Waals surface area contributed by atoms with Gasteiger partial charge in [0.1, 0.15) is 5.71 Å². The van der Waals surface area contributed by atoms with E-state index in [1.54, 1.807) is 7.05 Å². The number of nitrogens with one attached hydrogen (secondary N) is 1. The maximum Gasteiger partial charge on any atom is 0.267 e. The molecule has 1 saturated heterocycles. The van der Waals surface area contributed by atoms with E-state index in [-0.39, 0.29) is 11.8 Å². The molecule has 0 spiro atoms. The zero-order valence-corrected chi connectivity index (χ0v) is 14.4. The summed E-state index contributed by atoms with van der Waals surface area (Å²) in [7, 11) is 1.58. The van der Waals surface area contributed by atoms with Crippen LogP contribution in [0.15, 0.2) is 29.4 Å². The normalized spacial score (nSPS) is 21.0. The topological polar surface area (TPSA) is 65.0 Å². The van der Waals surface area contributed by atoms with Crippen LogP contribution in [0.5, 0.6) is 0 Å². The van der Waals surface area contributed by atoms with Gasteiger partial charge in [0.25, 0.3) is 5.91 Å². The summed E-state index contributed by atoms with van der Waals surface area (Å²) in [5.74, 6) is 0.188. The lowest BCUT2D eigenvalue weighted by molar-refractivity contribution is -0.130. The first kappa shape index (κ1) is 16.8. The first-order valence-corrected chi connectivity index (χ1v) is 8.53. The fourth-order valence-corrected chi connectivity index (χ4v) is 3.18. The third-order valence-electron chi connectivity index (χ3n) is 4.50. The van der Waals surface area contributed by atoms with E-state index in [0.29, 0.717) is 31.0 Å². The highest BCUT2D eigenvalue weighted by Crippen LogP contribution is 2.24. The number of amides is 2. The summed E-state index contributed by atoms with van der Waals surface area (Å²) >= 11 is 5.92. The number of hydrogen-bond acceptors (Lipinski definition) is 4. The number of carbonyl (C=O) groups excluding carboxylic acids is 2. The molecule has 2 aliphatic heterocycles. The molecule has 0 radical (unpaired) electrons. The van der Waals surface area contributed by atoms with Gasteiger partial charge in [0.05, 0.1) is 0 Å². The monoisotopic (exact) mass is 348 g/mol. The molecule has 1 atom stereocenters. The van der Waals surface area contributed by atoms with Gasteiger partial charge in [0, 0.05) is 50.2 Å². The molecule has 24 heavy (non-hydrogen) atoms. The number of rotatable bonds is 4. The summed E-state index contributed by atoms with van der Waals surface area (Å²) in [6.07, 6.45) is 1.79. The van der Waals surface area contributed by atoms with Crippen molar-refractivity contribution in [3.05, 3.63) is 29.3 Å². The predicted octanol–water partition coefficient (Wildman–Crippen LogP) is 1.89. The number of carbonyl (C=O) groups is 2. The Morgan fingerprint density at radius 1 is 1.33 bits per heavy atom. The lowest BCUT2D eigenvalue weighted by Gasteiger charge is -2.20. The van der Waals surface area contributed by atoms with Crippen molar-refractivity contribution in [1.82, 2.24) is 10.3 Å². The number of hydrogen-bond donors (Lipinski definition) is 1. The molecular formula is C17H21ClN4O2. The summed E-state index contributed by atoms with van der Waals surface area (Å²) in [5.41, 5.74) is 1.59. The Hall–Kier alpha value is -2.08. The summed E-state index contributed by atoms with van der Waals surface area (Å²) in [4.78, 5) is 25.9. The average molecular weight is 349 g/mol. The van der Waals surface area contributed by atoms with E-state index in [2.05, 4.69) is 15.3 Å². The van der Waals surface area contributed by atoms with Crippen molar-refractivity contribution in [3.63, 3.8) is 0 Å². The molecule has 2 heterocycles. The van der Waals surface area contributed by atoms with Crippen LogP contribution in [0.3, 0.4) is 0 Å². The number of nitrogens with zero attached hydrogens (tertiary/aromatic N) is 3. The summed E-state index contributed by atoms with van der Waals surface area (Å²) in [6, 6.07) is 7.83. The molecule has 0 saturated carbocycles. The molecule has 128 valence electrons. The Kier molecular flexibility index (Phi) is 5.04. The third kappa shape index (κ3) is 3.87. The quantitative estimate of drug-likeness (QED) is 0.903. The zero-order valence-electron chi connectivity index (χ0n) is 13.7. The van der Waals surface area contributed by atoms with Crippen LogP contribution in [0.25, 0.3) is 0 Å². The van der Waals surface area contributed by atoms with E-state index < -0.39 is 0 Å². The van der Waals surface area contributed by atoms with Gasteiger partial charge in [-0.25, -0.2) is 5.01 Å². The number of anilines is 1. The van der Waals surface area contributed by atoms with Crippen molar-refractivity contribution in [3.8, 4) is 0 Å². The van der Waals surface area contributed by atoms with E-state index in [1.807, 2.05) is 24.3 Å². The molecule has 2 amide bonds. The van der Waals surface area contributed by atoms with Gasteiger partial charge in [-0.15, -0.1) is 0 Å². The highest BCUT2D eigenvalue weighted by atomic mass is 35.5. The summed E-state index contributed by atoms with van der Waals surface area (Å²) in [6.45, 7) is 2.51. The largest absolute Gasteiger partial charge is 0.371 e. The van der Waals surface area contributed by atoms with E-state index in [4.69, 9.17) is 11.6 Å². The molecule has 1 N–H and O–H groups in total. The van der Waals surface area contributed by atoms with Crippen LogP contribution in [-0.2, 0) is 9.59 Å². The van der Waals surface area contributed by atoms with Crippen LogP contribution in [0.2, 0.25) is 5.02 Å².